The van der Waals surface area contributed by atoms with Crippen molar-refractivity contribution >= 4 is 10.9 Å². The third-order valence-electron chi connectivity index (χ3n) is 4.09. The number of hydrogen-bond acceptors (Lipinski definition) is 2. The fraction of sp³-hybridized carbons (Fsp3) is 0.438. The average molecular weight is 256 g/mol. The van der Waals surface area contributed by atoms with Gasteiger partial charge >= 0.3 is 0 Å². The zero-order chi connectivity index (χ0) is 13.2. The molecule has 1 fully saturated rings. The number of piperidine rings is 1. The molecule has 0 radical (unpaired) electrons. The lowest BCUT2D eigenvalue weighted by Crippen LogP contribution is -2.37. The number of aromatic nitrogens is 1. The first-order valence-corrected chi connectivity index (χ1v) is 7.07. The van der Waals surface area contributed by atoms with Gasteiger partial charge in [0.25, 0.3) is 5.56 Å². The second-order valence-corrected chi connectivity index (χ2v) is 5.44. The second kappa shape index (κ2) is 5.17. The van der Waals surface area contributed by atoms with Crippen molar-refractivity contribution < 1.29 is 0 Å². The van der Waals surface area contributed by atoms with E-state index in [0.29, 0.717) is 6.04 Å². The van der Waals surface area contributed by atoms with Crippen molar-refractivity contribution in [2.45, 2.75) is 31.7 Å². The molecule has 1 unspecified atom stereocenters. The predicted octanol–water partition coefficient (Wildman–Crippen LogP) is 2.22. The maximum absolute atomic E-state index is 12.4. The normalized spacial score (nSPS) is 19.7. The highest BCUT2D eigenvalue weighted by atomic mass is 16.1. The number of aryl methyl sites for hydroxylation is 1. The van der Waals surface area contributed by atoms with Gasteiger partial charge in [0.1, 0.15) is 0 Å². The van der Waals surface area contributed by atoms with E-state index in [9.17, 15) is 4.79 Å². The summed E-state index contributed by atoms with van der Waals surface area (Å²) in [4.78, 5) is 12.4. The van der Waals surface area contributed by atoms with E-state index in [1.807, 2.05) is 25.2 Å². The number of benzene rings is 1. The molecular weight excluding hydrogens is 236 g/mol. The molecule has 1 aromatic carbocycles. The Bertz CT molecular complexity index is 639. The summed E-state index contributed by atoms with van der Waals surface area (Å²) in [5, 5.41) is 4.66. The zero-order valence-corrected chi connectivity index (χ0v) is 11.4. The topological polar surface area (TPSA) is 34.0 Å². The minimum atomic E-state index is 0.145. The molecule has 3 heteroatoms. The van der Waals surface area contributed by atoms with Gasteiger partial charge in [0.05, 0.1) is 5.52 Å². The molecule has 2 aromatic rings. The lowest BCUT2D eigenvalue weighted by Gasteiger charge is -2.23. The van der Waals surface area contributed by atoms with E-state index in [4.69, 9.17) is 0 Å². The van der Waals surface area contributed by atoms with Crippen LogP contribution in [-0.4, -0.2) is 17.2 Å². The largest absolute Gasteiger partial charge is 0.314 e. The van der Waals surface area contributed by atoms with Crippen LogP contribution in [0.15, 0.2) is 35.1 Å². The Kier molecular flexibility index (Phi) is 3.38. The maximum Gasteiger partial charge on any atom is 0.254 e. The van der Waals surface area contributed by atoms with Gasteiger partial charge in [-0.15, -0.1) is 0 Å². The summed E-state index contributed by atoms with van der Waals surface area (Å²) in [5.74, 6) is 0. The molecule has 1 atom stereocenters. The van der Waals surface area contributed by atoms with E-state index in [0.717, 1.165) is 29.4 Å². The van der Waals surface area contributed by atoms with Gasteiger partial charge < -0.3 is 9.88 Å². The summed E-state index contributed by atoms with van der Waals surface area (Å²) in [6, 6.07) is 10.6. The lowest BCUT2D eigenvalue weighted by molar-refractivity contribution is 0.398. The Hall–Kier alpha value is -1.61. The van der Waals surface area contributed by atoms with Crippen molar-refractivity contribution in [1.29, 1.82) is 0 Å². The van der Waals surface area contributed by atoms with Crippen molar-refractivity contribution in [1.82, 2.24) is 9.88 Å². The van der Waals surface area contributed by atoms with Crippen molar-refractivity contribution in [3.05, 3.63) is 46.2 Å². The highest BCUT2D eigenvalue weighted by Crippen LogP contribution is 2.15. The third kappa shape index (κ3) is 2.43. The quantitative estimate of drug-likeness (QED) is 0.894. The number of para-hydroxylation sites is 1. The standard InChI is InChI=1S/C16H20N2O/c1-18-15-8-3-2-6-12(15)10-13(16(18)19)11-14-7-4-5-9-17-14/h2-3,6,8,10,14,17H,4-5,7,9,11H2,1H3. The molecule has 3 nitrogen and oxygen atoms in total. The van der Waals surface area contributed by atoms with Crippen molar-refractivity contribution in [3.8, 4) is 0 Å². The smallest absolute Gasteiger partial charge is 0.254 e. The Morgan fingerprint density at radius 3 is 2.95 bits per heavy atom. The first kappa shape index (κ1) is 12.4. The number of pyridine rings is 1. The van der Waals surface area contributed by atoms with E-state index in [2.05, 4.69) is 17.4 Å². The summed E-state index contributed by atoms with van der Waals surface area (Å²) in [5.41, 5.74) is 2.08. The second-order valence-electron chi connectivity index (χ2n) is 5.44. The number of fused-ring (bicyclic) bond motifs is 1. The maximum atomic E-state index is 12.4. The first-order valence-electron chi connectivity index (χ1n) is 7.07. The Morgan fingerprint density at radius 2 is 2.16 bits per heavy atom. The molecule has 0 amide bonds. The number of nitrogens with zero attached hydrogens (tertiary/aromatic N) is 1. The Balaban J connectivity index is 1.99. The van der Waals surface area contributed by atoms with Crippen LogP contribution in [0.4, 0.5) is 0 Å². The third-order valence-corrected chi connectivity index (χ3v) is 4.09. The summed E-state index contributed by atoms with van der Waals surface area (Å²) in [7, 11) is 1.86. The molecule has 1 saturated heterocycles. The van der Waals surface area contributed by atoms with Gasteiger partial charge in [0, 0.05) is 18.7 Å². The molecule has 0 bridgehead atoms. The summed E-state index contributed by atoms with van der Waals surface area (Å²) in [6.07, 6.45) is 4.55. The molecular formula is C16H20N2O. The summed E-state index contributed by atoms with van der Waals surface area (Å²) < 4.78 is 1.77. The molecule has 1 aromatic heterocycles. The predicted molar refractivity (Wildman–Crippen MR) is 78.5 cm³/mol. The molecule has 19 heavy (non-hydrogen) atoms. The number of nitrogens with one attached hydrogen (secondary N) is 1. The van der Waals surface area contributed by atoms with E-state index in [1.165, 1.54) is 19.3 Å². The van der Waals surface area contributed by atoms with Crippen LogP contribution in [0, 0.1) is 0 Å². The van der Waals surface area contributed by atoms with E-state index in [-0.39, 0.29) is 5.56 Å². The Labute approximate surface area is 113 Å². The van der Waals surface area contributed by atoms with Crippen LogP contribution in [-0.2, 0) is 13.5 Å². The van der Waals surface area contributed by atoms with Gasteiger partial charge in [-0.05, 0) is 43.3 Å². The summed E-state index contributed by atoms with van der Waals surface area (Å²) >= 11 is 0. The highest BCUT2D eigenvalue weighted by Gasteiger charge is 2.15. The monoisotopic (exact) mass is 256 g/mol. The fourth-order valence-electron chi connectivity index (χ4n) is 3.00. The minimum absolute atomic E-state index is 0.145. The van der Waals surface area contributed by atoms with E-state index in [1.54, 1.807) is 4.57 Å². The zero-order valence-electron chi connectivity index (χ0n) is 11.4. The van der Waals surface area contributed by atoms with Crippen LogP contribution in [0.2, 0.25) is 0 Å². The molecule has 0 spiro atoms. The van der Waals surface area contributed by atoms with Gasteiger partial charge in [-0.25, -0.2) is 0 Å². The molecule has 100 valence electrons. The van der Waals surface area contributed by atoms with Crippen molar-refractivity contribution in [2.75, 3.05) is 6.54 Å². The molecule has 0 saturated carbocycles. The van der Waals surface area contributed by atoms with Crippen LogP contribution in [0.3, 0.4) is 0 Å². The van der Waals surface area contributed by atoms with E-state index >= 15 is 0 Å². The van der Waals surface area contributed by atoms with Gasteiger partial charge in [0.15, 0.2) is 0 Å². The molecule has 0 aliphatic carbocycles. The lowest BCUT2D eigenvalue weighted by atomic mass is 9.97. The molecule has 2 heterocycles. The van der Waals surface area contributed by atoms with Crippen LogP contribution >= 0.6 is 0 Å². The molecule has 3 rings (SSSR count). The Morgan fingerprint density at radius 1 is 1.32 bits per heavy atom. The highest BCUT2D eigenvalue weighted by molar-refractivity contribution is 5.79. The van der Waals surface area contributed by atoms with Crippen LogP contribution < -0.4 is 10.9 Å². The number of rotatable bonds is 2. The van der Waals surface area contributed by atoms with Gasteiger partial charge in [-0.2, -0.15) is 0 Å². The summed E-state index contributed by atoms with van der Waals surface area (Å²) in [6.45, 7) is 1.08. The van der Waals surface area contributed by atoms with E-state index < -0.39 is 0 Å². The van der Waals surface area contributed by atoms with Crippen LogP contribution in [0.25, 0.3) is 10.9 Å². The molecule has 1 aliphatic rings. The molecule has 1 N–H and O–H groups in total. The van der Waals surface area contributed by atoms with Gasteiger partial charge in [-0.3, -0.25) is 4.79 Å². The first-order chi connectivity index (χ1) is 9.25. The SMILES string of the molecule is Cn1c(=O)c(CC2CCCCN2)cc2ccccc21. The van der Waals surface area contributed by atoms with Crippen molar-refractivity contribution in [3.63, 3.8) is 0 Å². The average Bonchev–Trinajstić information content (AvgIpc) is 2.46. The van der Waals surface area contributed by atoms with Gasteiger partial charge in [-0.1, -0.05) is 24.6 Å². The van der Waals surface area contributed by atoms with Crippen LogP contribution in [0.1, 0.15) is 24.8 Å². The minimum Gasteiger partial charge on any atom is -0.314 e. The van der Waals surface area contributed by atoms with Crippen LogP contribution in [0.5, 0.6) is 0 Å². The number of hydrogen-bond donors (Lipinski definition) is 1. The van der Waals surface area contributed by atoms with Gasteiger partial charge in [0.2, 0.25) is 0 Å². The molecule has 1 aliphatic heterocycles. The fourth-order valence-corrected chi connectivity index (χ4v) is 3.00. The van der Waals surface area contributed by atoms with Crippen molar-refractivity contribution in [2.24, 2.45) is 7.05 Å².